The zero-order valence-electron chi connectivity index (χ0n) is 10.8. The fourth-order valence-electron chi connectivity index (χ4n) is 2.34. The van der Waals surface area contributed by atoms with Gasteiger partial charge in [-0.15, -0.1) is 0 Å². The Kier molecular flexibility index (Phi) is 3.99. The summed E-state index contributed by atoms with van der Waals surface area (Å²) < 4.78 is 5.83. The van der Waals surface area contributed by atoms with E-state index in [0.717, 1.165) is 5.56 Å². The molecule has 0 radical (unpaired) electrons. The first kappa shape index (κ1) is 13.1. The molecule has 1 aromatic carbocycles. The average molecular weight is 249 g/mol. The first-order valence-electron chi connectivity index (χ1n) is 6.21. The highest BCUT2D eigenvalue weighted by molar-refractivity contribution is 5.69. The van der Waals surface area contributed by atoms with Crippen LogP contribution in [-0.4, -0.2) is 41.7 Å². The Morgan fingerprint density at radius 3 is 2.89 bits per heavy atom. The summed E-state index contributed by atoms with van der Waals surface area (Å²) in [6.07, 6.45) is -0.0262. The molecule has 2 atom stereocenters. The van der Waals surface area contributed by atoms with Crippen LogP contribution in [0.15, 0.2) is 24.3 Å². The number of hydrogen-bond donors (Lipinski definition) is 1. The topological polar surface area (TPSA) is 49.8 Å². The predicted octanol–water partition coefficient (Wildman–Crippen LogP) is 1.84. The van der Waals surface area contributed by atoms with Crippen molar-refractivity contribution in [2.45, 2.75) is 26.0 Å². The third-order valence-corrected chi connectivity index (χ3v) is 3.44. The summed E-state index contributed by atoms with van der Waals surface area (Å²) in [6.45, 7) is 5.34. The van der Waals surface area contributed by atoms with Gasteiger partial charge in [0.2, 0.25) is 0 Å². The summed E-state index contributed by atoms with van der Waals surface area (Å²) in [5.74, 6) is -0.785. The number of ether oxygens (including phenoxy) is 1. The zero-order chi connectivity index (χ0) is 13.1. The minimum Gasteiger partial charge on any atom is -0.480 e. The molecule has 1 saturated heterocycles. The van der Waals surface area contributed by atoms with Crippen LogP contribution in [0.4, 0.5) is 0 Å². The van der Waals surface area contributed by atoms with Crippen LogP contribution in [0.3, 0.4) is 0 Å². The number of carboxylic acid groups (broad SMARTS) is 1. The number of hydrogen-bond acceptors (Lipinski definition) is 3. The van der Waals surface area contributed by atoms with Gasteiger partial charge in [0.05, 0.1) is 19.3 Å². The van der Waals surface area contributed by atoms with Gasteiger partial charge in [-0.2, -0.15) is 0 Å². The maximum atomic E-state index is 10.8. The zero-order valence-corrected chi connectivity index (χ0v) is 10.8. The molecule has 1 fully saturated rings. The molecule has 2 rings (SSSR count). The van der Waals surface area contributed by atoms with E-state index in [-0.39, 0.29) is 18.7 Å². The molecule has 0 spiro atoms. The van der Waals surface area contributed by atoms with Crippen LogP contribution in [-0.2, 0) is 9.53 Å². The number of aliphatic carboxylic acids is 1. The maximum Gasteiger partial charge on any atom is 0.317 e. The normalized spacial score (nSPS) is 25.0. The number of carbonyl (C=O) groups is 1. The first-order chi connectivity index (χ1) is 8.58. The number of aryl methyl sites for hydroxylation is 1. The molecule has 0 aliphatic carbocycles. The van der Waals surface area contributed by atoms with Crippen molar-refractivity contribution in [3.8, 4) is 0 Å². The molecule has 0 aromatic heterocycles. The largest absolute Gasteiger partial charge is 0.480 e. The van der Waals surface area contributed by atoms with Crippen LogP contribution in [0.5, 0.6) is 0 Å². The van der Waals surface area contributed by atoms with E-state index in [1.807, 2.05) is 24.0 Å². The van der Waals surface area contributed by atoms with Crippen molar-refractivity contribution in [1.82, 2.24) is 4.90 Å². The second-order valence-corrected chi connectivity index (χ2v) is 4.85. The van der Waals surface area contributed by atoms with E-state index < -0.39 is 5.97 Å². The smallest absolute Gasteiger partial charge is 0.317 e. The summed E-state index contributed by atoms with van der Waals surface area (Å²) in [6, 6.07) is 8.25. The van der Waals surface area contributed by atoms with Gasteiger partial charge in [0.15, 0.2) is 0 Å². The van der Waals surface area contributed by atoms with Crippen molar-refractivity contribution in [2.75, 3.05) is 19.7 Å². The lowest BCUT2D eigenvalue weighted by atomic mass is 10.0. The summed E-state index contributed by atoms with van der Waals surface area (Å²) >= 11 is 0. The molecule has 1 heterocycles. The molecular formula is C14H19NO3. The molecule has 4 nitrogen and oxygen atoms in total. The standard InChI is InChI=1S/C14H19NO3/c1-10-5-3-4-6-12(10)13-7-15(8-14(16)17)11(2)9-18-13/h3-6,11,13H,7-9H2,1-2H3,(H,16,17)/t11-,13-/m1/s1. The molecule has 0 unspecified atom stereocenters. The molecule has 1 N–H and O–H groups in total. The molecule has 0 bridgehead atoms. The van der Waals surface area contributed by atoms with Gasteiger partial charge in [0.1, 0.15) is 0 Å². The molecule has 0 amide bonds. The third kappa shape index (κ3) is 2.89. The first-order valence-corrected chi connectivity index (χ1v) is 6.21. The fourth-order valence-corrected chi connectivity index (χ4v) is 2.34. The van der Waals surface area contributed by atoms with E-state index in [4.69, 9.17) is 9.84 Å². The minimum absolute atomic E-state index is 0.0262. The molecule has 1 aliphatic rings. The van der Waals surface area contributed by atoms with Crippen LogP contribution in [0, 0.1) is 6.92 Å². The third-order valence-electron chi connectivity index (χ3n) is 3.44. The van der Waals surface area contributed by atoms with Gasteiger partial charge in [0.25, 0.3) is 0 Å². The van der Waals surface area contributed by atoms with E-state index in [2.05, 4.69) is 19.1 Å². The Labute approximate surface area is 107 Å². The molecular weight excluding hydrogens is 230 g/mol. The Balaban J connectivity index is 2.12. The van der Waals surface area contributed by atoms with E-state index in [0.29, 0.717) is 13.2 Å². The monoisotopic (exact) mass is 249 g/mol. The van der Waals surface area contributed by atoms with Crippen molar-refractivity contribution < 1.29 is 14.6 Å². The van der Waals surface area contributed by atoms with Gasteiger partial charge in [-0.3, -0.25) is 9.69 Å². The maximum absolute atomic E-state index is 10.8. The van der Waals surface area contributed by atoms with Crippen LogP contribution in [0.2, 0.25) is 0 Å². The Bertz CT molecular complexity index is 433. The summed E-state index contributed by atoms with van der Waals surface area (Å²) in [7, 11) is 0. The lowest BCUT2D eigenvalue weighted by Crippen LogP contribution is -2.47. The van der Waals surface area contributed by atoms with E-state index in [1.165, 1.54) is 5.56 Å². The predicted molar refractivity (Wildman–Crippen MR) is 68.5 cm³/mol. The van der Waals surface area contributed by atoms with Crippen LogP contribution in [0.25, 0.3) is 0 Å². The average Bonchev–Trinajstić information content (AvgIpc) is 2.32. The SMILES string of the molecule is Cc1ccccc1[C@H]1CN(CC(=O)O)[C@H](C)CO1. The van der Waals surface area contributed by atoms with Crippen LogP contribution >= 0.6 is 0 Å². The second-order valence-electron chi connectivity index (χ2n) is 4.85. The van der Waals surface area contributed by atoms with Crippen molar-refractivity contribution in [2.24, 2.45) is 0 Å². The van der Waals surface area contributed by atoms with Crippen LogP contribution in [0.1, 0.15) is 24.2 Å². The second kappa shape index (κ2) is 5.50. The van der Waals surface area contributed by atoms with Crippen molar-refractivity contribution in [1.29, 1.82) is 0 Å². The van der Waals surface area contributed by atoms with Gasteiger partial charge in [-0.05, 0) is 25.0 Å². The Morgan fingerprint density at radius 1 is 1.50 bits per heavy atom. The van der Waals surface area contributed by atoms with Gasteiger partial charge < -0.3 is 9.84 Å². The molecule has 0 saturated carbocycles. The number of nitrogens with zero attached hydrogens (tertiary/aromatic N) is 1. The van der Waals surface area contributed by atoms with Crippen molar-refractivity contribution in [3.05, 3.63) is 35.4 Å². The molecule has 4 heteroatoms. The molecule has 98 valence electrons. The lowest BCUT2D eigenvalue weighted by Gasteiger charge is -2.37. The van der Waals surface area contributed by atoms with Gasteiger partial charge >= 0.3 is 5.97 Å². The number of benzene rings is 1. The lowest BCUT2D eigenvalue weighted by molar-refractivity contribution is -0.142. The number of morpholine rings is 1. The highest BCUT2D eigenvalue weighted by Crippen LogP contribution is 2.26. The van der Waals surface area contributed by atoms with Crippen molar-refractivity contribution >= 4 is 5.97 Å². The van der Waals surface area contributed by atoms with Gasteiger partial charge in [-0.25, -0.2) is 0 Å². The van der Waals surface area contributed by atoms with E-state index >= 15 is 0 Å². The number of rotatable bonds is 3. The van der Waals surface area contributed by atoms with Crippen molar-refractivity contribution in [3.63, 3.8) is 0 Å². The highest BCUT2D eigenvalue weighted by Gasteiger charge is 2.28. The Hall–Kier alpha value is -1.39. The molecule has 1 aliphatic heterocycles. The molecule has 18 heavy (non-hydrogen) atoms. The molecule has 1 aromatic rings. The summed E-state index contributed by atoms with van der Waals surface area (Å²) in [5.41, 5.74) is 2.34. The van der Waals surface area contributed by atoms with Gasteiger partial charge in [0, 0.05) is 12.6 Å². The van der Waals surface area contributed by atoms with Gasteiger partial charge in [-0.1, -0.05) is 24.3 Å². The minimum atomic E-state index is -0.785. The fraction of sp³-hybridized carbons (Fsp3) is 0.500. The van der Waals surface area contributed by atoms with E-state index in [9.17, 15) is 4.79 Å². The Morgan fingerprint density at radius 2 is 2.22 bits per heavy atom. The quantitative estimate of drug-likeness (QED) is 0.888. The van der Waals surface area contributed by atoms with Crippen LogP contribution < -0.4 is 0 Å². The number of carboxylic acids is 1. The summed E-state index contributed by atoms with van der Waals surface area (Å²) in [4.78, 5) is 12.8. The van der Waals surface area contributed by atoms with E-state index in [1.54, 1.807) is 0 Å². The highest BCUT2D eigenvalue weighted by atomic mass is 16.5. The summed E-state index contributed by atoms with van der Waals surface area (Å²) in [5, 5.41) is 8.91.